The van der Waals surface area contributed by atoms with Gasteiger partial charge >= 0.3 is 6.09 Å². The van der Waals surface area contributed by atoms with Gasteiger partial charge in [0, 0.05) is 32.1 Å². The Morgan fingerprint density at radius 1 is 1.37 bits per heavy atom. The summed E-state index contributed by atoms with van der Waals surface area (Å²) in [6.07, 6.45) is 0.778. The van der Waals surface area contributed by atoms with Gasteiger partial charge in [0.05, 0.1) is 0 Å². The van der Waals surface area contributed by atoms with Crippen LogP contribution in [0.5, 0.6) is 0 Å². The quantitative estimate of drug-likeness (QED) is 0.762. The van der Waals surface area contributed by atoms with Crippen molar-refractivity contribution in [1.82, 2.24) is 24.8 Å². The van der Waals surface area contributed by atoms with E-state index < -0.39 is 11.7 Å². The molecule has 2 heterocycles. The molecular weight excluding hydrogens is 350 g/mol. The van der Waals surface area contributed by atoms with E-state index in [0.29, 0.717) is 24.5 Å². The molecular formula is C18H27N5O4. The zero-order valence-corrected chi connectivity index (χ0v) is 16.7. The van der Waals surface area contributed by atoms with Crippen molar-refractivity contribution in [1.29, 1.82) is 0 Å². The van der Waals surface area contributed by atoms with Crippen LogP contribution in [0, 0.1) is 0 Å². The van der Waals surface area contributed by atoms with Crippen LogP contribution in [0.2, 0.25) is 0 Å². The number of hydrogen-bond acceptors (Lipinski definition) is 7. The van der Waals surface area contributed by atoms with E-state index in [1.165, 1.54) is 15.6 Å². The molecule has 0 saturated heterocycles. The number of nitrogens with zero attached hydrogens (tertiary/aromatic N) is 5. The molecule has 0 saturated carbocycles. The van der Waals surface area contributed by atoms with E-state index in [1.807, 2.05) is 34.6 Å². The molecule has 0 N–H and O–H groups in total. The lowest BCUT2D eigenvalue weighted by molar-refractivity contribution is 0.0234. The Bertz CT molecular complexity index is 837. The number of carbonyl (C=O) groups is 1. The smallest absolute Gasteiger partial charge is 0.410 e. The molecule has 0 spiro atoms. The van der Waals surface area contributed by atoms with Crippen molar-refractivity contribution >= 4 is 6.09 Å². The summed E-state index contributed by atoms with van der Waals surface area (Å²) >= 11 is 0. The largest absolute Gasteiger partial charge is 0.444 e. The minimum absolute atomic E-state index is 0.173. The van der Waals surface area contributed by atoms with Crippen LogP contribution in [0.25, 0.3) is 11.6 Å². The van der Waals surface area contributed by atoms with E-state index in [9.17, 15) is 9.59 Å². The topological polar surface area (TPSA) is 103 Å². The second-order valence-corrected chi connectivity index (χ2v) is 7.44. The average Bonchev–Trinajstić information content (AvgIpc) is 3.03. The highest BCUT2D eigenvalue weighted by Crippen LogP contribution is 2.16. The van der Waals surface area contributed by atoms with Gasteiger partial charge in [-0.25, -0.2) is 9.48 Å². The second-order valence-electron chi connectivity index (χ2n) is 7.44. The normalized spacial score (nSPS) is 12.7. The second kappa shape index (κ2) is 8.32. The zero-order chi connectivity index (χ0) is 20.2. The lowest BCUT2D eigenvalue weighted by atomic mass is 10.2. The Kier molecular flexibility index (Phi) is 6.35. The number of rotatable bonds is 6. The van der Waals surface area contributed by atoms with E-state index in [0.717, 1.165) is 6.42 Å². The summed E-state index contributed by atoms with van der Waals surface area (Å²) in [7, 11) is 1.67. The fraction of sp³-hybridized carbons (Fsp3) is 0.611. The molecule has 0 fully saturated rings. The third kappa shape index (κ3) is 5.63. The molecule has 0 radical (unpaired) electrons. The van der Waals surface area contributed by atoms with Gasteiger partial charge in [0.2, 0.25) is 0 Å². The molecule has 27 heavy (non-hydrogen) atoms. The maximum atomic E-state index is 12.1. The molecule has 0 aliphatic carbocycles. The highest BCUT2D eigenvalue weighted by Gasteiger charge is 2.24. The number of aromatic nitrogens is 4. The molecule has 2 aromatic heterocycles. The van der Waals surface area contributed by atoms with Crippen molar-refractivity contribution in [2.45, 2.75) is 65.6 Å². The van der Waals surface area contributed by atoms with Crippen molar-refractivity contribution < 1.29 is 14.1 Å². The molecule has 2 rings (SSSR count). The minimum atomic E-state index is -0.558. The summed E-state index contributed by atoms with van der Waals surface area (Å²) in [5, 5.41) is 8.21. The van der Waals surface area contributed by atoms with Gasteiger partial charge in [-0.1, -0.05) is 12.1 Å². The molecule has 0 aliphatic rings. The predicted molar refractivity (Wildman–Crippen MR) is 99.2 cm³/mol. The van der Waals surface area contributed by atoms with Crippen molar-refractivity contribution in [2.75, 3.05) is 7.05 Å². The molecule has 2 aromatic rings. The zero-order valence-electron chi connectivity index (χ0n) is 16.7. The van der Waals surface area contributed by atoms with Crippen molar-refractivity contribution in [2.24, 2.45) is 0 Å². The summed E-state index contributed by atoms with van der Waals surface area (Å²) in [5.74, 6) is 0.685. The number of hydrogen-bond donors (Lipinski definition) is 0. The Balaban J connectivity index is 2.08. The predicted octanol–water partition coefficient (Wildman–Crippen LogP) is 2.50. The van der Waals surface area contributed by atoms with Gasteiger partial charge < -0.3 is 14.2 Å². The molecule has 1 atom stereocenters. The van der Waals surface area contributed by atoms with Gasteiger partial charge in [-0.3, -0.25) is 4.79 Å². The molecule has 0 bridgehead atoms. The number of aryl methyl sites for hydroxylation is 1. The summed E-state index contributed by atoms with van der Waals surface area (Å²) in [6, 6.07) is 2.80. The van der Waals surface area contributed by atoms with Crippen LogP contribution in [0.4, 0.5) is 4.79 Å². The van der Waals surface area contributed by atoms with Gasteiger partial charge in [0.1, 0.15) is 11.3 Å². The van der Waals surface area contributed by atoms with Gasteiger partial charge in [0.15, 0.2) is 5.82 Å². The first-order valence-electron chi connectivity index (χ1n) is 8.97. The lowest BCUT2D eigenvalue weighted by Gasteiger charge is -2.28. The maximum absolute atomic E-state index is 12.1. The third-order valence-corrected chi connectivity index (χ3v) is 3.81. The van der Waals surface area contributed by atoms with E-state index in [1.54, 1.807) is 13.1 Å². The average molecular weight is 377 g/mol. The molecule has 9 heteroatoms. The highest BCUT2D eigenvalue weighted by molar-refractivity contribution is 5.68. The fourth-order valence-corrected chi connectivity index (χ4v) is 2.29. The maximum Gasteiger partial charge on any atom is 0.410 e. The summed E-state index contributed by atoms with van der Waals surface area (Å²) in [4.78, 5) is 29.7. The van der Waals surface area contributed by atoms with Crippen molar-refractivity contribution in [3.05, 3.63) is 28.3 Å². The van der Waals surface area contributed by atoms with Gasteiger partial charge in [-0.05, 0) is 40.2 Å². The van der Waals surface area contributed by atoms with Gasteiger partial charge in [-0.15, -0.1) is 0 Å². The molecule has 0 aliphatic heterocycles. The van der Waals surface area contributed by atoms with Crippen LogP contribution in [-0.2, 0) is 17.7 Å². The Labute approximate surface area is 158 Å². The van der Waals surface area contributed by atoms with E-state index in [-0.39, 0.29) is 17.5 Å². The Hall–Kier alpha value is -2.71. The van der Waals surface area contributed by atoms with Crippen LogP contribution < -0.4 is 5.56 Å². The van der Waals surface area contributed by atoms with Gasteiger partial charge in [-0.2, -0.15) is 10.1 Å². The van der Waals surface area contributed by atoms with Crippen LogP contribution >= 0.6 is 0 Å². The van der Waals surface area contributed by atoms with Crippen LogP contribution in [0.3, 0.4) is 0 Å². The summed E-state index contributed by atoms with van der Waals surface area (Å²) < 4.78 is 12.0. The minimum Gasteiger partial charge on any atom is -0.444 e. The van der Waals surface area contributed by atoms with Crippen molar-refractivity contribution in [3.63, 3.8) is 0 Å². The number of likely N-dealkylation sites (N-methyl/N-ethyl adjacent to an activating group) is 1. The molecule has 0 unspecified atom stereocenters. The van der Waals surface area contributed by atoms with Crippen LogP contribution in [0.15, 0.2) is 21.5 Å². The molecule has 148 valence electrons. The number of carbonyl (C=O) groups excluding carboxylic acids is 1. The Morgan fingerprint density at radius 3 is 2.70 bits per heavy atom. The fourth-order valence-electron chi connectivity index (χ4n) is 2.29. The van der Waals surface area contributed by atoms with E-state index in [4.69, 9.17) is 9.26 Å². The molecule has 1 amide bonds. The monoisotopic (exact) mass is 377 g/mol. The molecule has 0 aromatic carbocycles. The van der Waals surface area contributed by atoms with E-state index in [2.05, 4.69) is 15.2 Å². The lowest BCUT2D eigenvalue weighted by Crippen LogP contribution is -2.40. The third-order valence-electron chi connectivity index (χ3n) is 3.81. The standard InChI is InChI=1S/C18H27N5O4/c1-7-10-23-15(24)9-8-13(20-23)16-19-14(21-27-16)11-12(2)22(6)17(25)26-18(3,4)5/h8-9,12H,7,10-11H2,1-6H3/t12-/m0/s1. The first-order valence-corrected chi connectivity index (χ1v) is 8.97. The highest BCUT2D eigenvalue weighted by atomic mass is 16.6. The summed E-state index contributed by atoms with van der Waals surface area (Å²) in [6.45, 7) is 9.82. The number of ether oxygens (including phenoxy) is 1. The van der Waals surface area contributed by atoms with E-state index >= 15 is 0 Å². The first kappa shape index (κ1) is 20.6. The van der Waals surface area contributed by atoms with Crippen LogP contribution in [0.1, 0.15) is 46.9 Å². The SMILES string of the molecule is CCCn1nc(-c2nc(C[C@H](C)N(C)C(=O)OC(C)(C)C)no2)ccc1=O. The Morgan fingerprint density at radius 2 is 2.07 bits per heavy atom. The van der Waals surface area contributed by atoms with Gasteiger partial charge in [0.25, 0.3) is 11.4 Å². The van der Waals surface area contributed by atoms with Crippen molar-refractivity contribution in [3.8, 4) is 11.6 Å². The molecule has 9 nitrogen and oxygen atoms in total. The van der Waals surface area contributed by atoms with Crippen LogP contribution in [-0.4, -0.2) is 49.6 Å². The summed E-state index contributed by atoms with van der Waals surface area (Å²) in [5.41, 5.74) is -0.291. The first-order chi connectivity index (χ1) is 12.6. The number of amides is 1.